The second-order valence-electron chi connectivity index (χ2n) is 13.0. The van der Waals surface area contributed by atoms with Crippen molar-refractivity contribution in [2.45, 2.75) is 0 Å². The van der Waals surface area contributed by atoms with Crippen molar-refractivity contribution in [3.05, 3.63) is 164 Å². The zero-order valence-corrected chi connectivity index (χ0v) is 26.4. The number of nitrogens with zero attached hydrogens (tertiary/aromatic N) is 3. The van der Waals surface area contributed by atoms with Crippen molar-refractivity contribution in [1.82, 2.24) is 14.5 Å². The second-order valence-corrected chi connectivity index (χ2v) is 13.0. The van der Waals surface area contributed by atoms with Crippen molar-refractivity contribution >= 4 is 75.8 Å². The minimum absolute atomic E-state index is 0.677. The summed E-state index contributed by atoms with van der Waals surface area (Å²) in [5, 5.41) is 13.5. The molecule has 0 radical (unpaired) electrons. The van der Waals surface area contributed by atoms with Crippen molar-refractivity contribution in [2.24, 2.45) is 0 Å². The van der Waals surface area contributed by atoms with Gasteiger partial charge in [-0.2, -0.15) is 0 Å². The first kappa shape index (κ1) is 26.5. The summed E-state index contributed by atoms with van der Waals surface area (Å²) in [6.07, 6.45) is 0. The molecule has 0 fully saturated rings. The van der Waals surface area contributed by atoms with E-state index in [-0.39, 0.29) is 0 Å². The summed E-state index contributed by atoms with van der Waals surface area (Å²) in [5.41, 5.74) is 7.60. The van der Waals surface area contributed by atoms with E-state index in [4.69, 9.17) is 9.97 Å². The first-order chi connectivity index (χ1) is 24.3. The van der Waals surface area contributed by atoms with Crippen LogP contribution < -0.4 is 0 Å². The Morgan fingerprint density at radius 1 is 0.347 bits per heavy atom. The molecule has 0 aliphatic rings. The molecule has 9 aromatic carbocycles. The third kappa shape index (κ3) is 3.78. The maximum Gasteiger partial charge on any atom is 0.235 e. The Morgan fingerprint density at radius 2 is 1.04 bits per heavy atom. The van der Waals surface area contributed by atoms with Gasteiger partial charge in [-0.25, -0.2) is 9.97 Å². The molecule has 11 aromatic rings. The molecule has 0 saturated heterocycles. The van der Waals surface area contributed by atoms with Crippen LogP contribution >= 0.6 is 0 Å². The Labute approximate surface area is 281 Å². The highest BCUT2D eigenvalue weighted by molar-refractivity contribution is 6.39. The number of hydrogen-bond acceptors (Lipinski definition) is 2. The monoisotopic (exact) mass is 621 g/mol. The third-order valence-corrected chi connectivity index (χ3v) is 10.3. The standard InChI is InChI=1S/C46H27N3/c1-2-11-28(12-3-1)31-22-23-32-27-41-44-42(38(32)26-31)35-16-7-6-15-34(35)36-18-10-20-40(43(36)44)49(41)46-47-39-19-9-8-17-37(39)45(48-46)33-24-21-29-13-4-5-14-30(29)25-33/h1-27H. The lowest BCUT2D eigenvalue weighted by molar-refractivity contribution is 1.01. The van der Waals surface area contributed by atoms with Crippen molar-refractivity contribution < 1.29 is 0 Å². The van der Waals surface area contributed by atoms with Gasteiger partial charge in [-0.05, 0) is 79.2 Å². The van der Waals surface area contributed by atoms with Crippen molar-refractivity contribution in [3.63, 3.8) is 0 Å². The third-order valence-electron chi connectivity index (χ3n) is 10.3. The van der Waals surface area contributed by atoms with Gasteiger partial charge in [0.15, 0.2) is 0 Å². The van der Waals surface area contributed by atoms with Gasteiger partial charge in [-0.1, -0.05) is 133 Å². The van der Waals surface area contributed by atoms with E-state index in [9.17, 15) is 0 Å². The molecule has 0 unspecified atom stereocenters. The van der Waals surface area contributed by atoms with E-state index in [0.29, 0.717) is 5.95 Å². The molecule has 2 heterocycles. The minimum Gasteiger partial charge on any atom is -0.278 e. The zero-order valence-electron chi connectivity index (χ0n) is 26.4. The van der Waals surface area contributed by atoms with E-state index in [1.165, 1.54) is 65.0 Å². The Balaban J connectivity index is 1.29. The Morgan fingerprint density at radius 3 is 1.94 bits per heavy atom. The average molecular weight is 622 g/mol. The molecule has 226 valence electrons. The molecule has 0 aliphatic heterocycles. The lowest BCUT2D eigenvalue weighted by Crippen LogP contribution is -2.03. The summed E-state index contributed by atoms with van der Waals surface area (Å²) in [5.74, 6) is 0.677. The van der Waals surface area contributed by atoms with Crippen molar-refractivity contribution in [1.29, 1.82) is 0 Å². The Hall–Kier alpha value is -6.58. The normalized spacial score (nSPS) is 12.1. The maximum atomic E-state index is 5.44. The molecule has 49 heavy (non-hydrogen) atoms. The summed E-state index contributed by atoms with van der Waals surface area (Å²) < 4.78 is 2.30. The minimum atomic E-state index is 0.677. The molecular weight excluding hydrogens is 595 g/mol. The molecule has 0 spiro atoms. The highest BCUT2D eigenvalue weighted by Gasteiger charge is 2.23. The predicted molar refractivity (Wildman–Crippen MR) is 206 cm³/mol. The van der Waals surface area contributed by atoms with Crippen LogP contribution in [0.1, 0.15) is 0 Å². The summed E-state index contributed by atoms with van der Waals surface area (Å²) in [7, 11) is 0. The maximum absolute atomic E-state index is 5.44. The number of benzene rings is 9. The molecule has 3 heteroatoms. The molecule has 0 atom stereocenters. The zero-order chi connectivity index (χ0) is 32.1. The quantitative estimate of drug-likeness (QED) is 0.184. The second kappa shape index (κ2) is 9.96. The van der Waals surface area contributed by atoms with E-state index in [2.05, 4.69) is 168 Å². The largest absolute Gasteiger partial charge is 0.278 e. The summed E-state index contributed by atoms with van der Waals surface area (Å²) in [4.78, 5) is 10.7. The van der Waals surface area contributed by atoms with E-state index < -0.39 is 0 Å². The first-order valence-corrected chi connectivity index (χ1v) is 16.8. The summed E-state index contributed by atoms with van der Waals surface area (Å²) in [6, 6.07) is 58.9. The van der Waals surface area contributed by atoms with Gasteiger partial charge in [0.05, 0.1) is 22.2 Å². The van der Waals surface area contributed by atoms with Gasteiger partial charge in [0, 0.05) is 27.1 Å². The molecule has 11 rings (SSSR count). The van der Waals surface area contributed by atoms with E-state index in [0.717, 1.165) is 33.2 Å². The van der Waals surface area contributed by atoms with Crippen LogP contribution in [0, 0.1) is 0 Å². The number of hydrogen-bond donors (Lipinski definition) is 0. The van der Waals surface area contributed by atoms with Crippen LogP contribution in [0.5, 0.6) is 0 Å². The lowest BCUT2D eigenvalue weighted by atomic mass is 9.90. The molecular formula is C46H27N3. The SMILES string of the molecule is c1ccc(-c2ccc3cc4c5c(c3c2)c2ccccc2c2cccc(c25)n4-c2nc(-c3ccc4ccccc4c3)c3ccccc3n2)cc1. The summed E-state index contributed by atoms with van der Waals surface area (Å²) >= 11 is 0. The average Bonchev–Trinajstić information content (AvgIpc) is 3.50. The lowest BCUT2D eigenvalue weighted by Gasteiger charge is -2.13. The van der Waals surface area contributed by atoms with Gasteiger partial charge in [0.25, 0.3) is 0 Å². The van der Waals surface area contributed by atoms with Crippen molar-refractivity contribution in [2.75, 3.05) is 0 Å². The van der Waals surface area contributed by atoms with Gasteiger partial charge < -0.3 is 0 Å². The van der Waals surface area contributed by atoms with Gasteiger partial charge in [0.2, 0.25) is 5.95 Å². The van der Waals surface area contributed by atoms with Crippen LogP contribution in [0.2, 0.25) is 0 Å². The number of fused-ring (bicyclic) bond motifs is 7. The summed E-state index contributed by atoms with van der Waals surface area (Å²) in [6.45, 7) is 0. The van der Waals surface area contributed by atoms with Gasteiger partial charge in [-0.3, -0.25) is 4.57 Å². The van der Waals surface area contributed by atoms with Crippen molar-refractivity contribution in [3.8, 4) is 28.3 Å². The smallest absolute Gasteiger partial charge is 0.235 e. The van der Waals surface area contributed by atoms with Crippen LogP contribution in [0.15, 0.2) is 164 Å². The van der Waals surface area contributed by atoms with Crippen LogP contribution in [-0.2, 0) is 0 Å². The number of rotatable bonds is 3. The van der Waals surface area contributed by atoms with Gasteiger partial charge in [-0.15, -0.1) is 0 Å². The number of aromatic nitrogens is 3. The molecule has 3 nitrogen and oxygen atoms in total. The topological polar surface area (TPSA) is 30.7 Å². The predicted octanol–water partition coefficient (Wildman–Crippen LogP) is 12.1. The highest BCUT2D eigenvalue weighted by Crippen LogP contribution is 2.47. The van der Waals surface area contributed by atoms with Crippen LogP contribution in [0.4, 0.5) is 0 Å². The molecule has 0 bridgehead atoms. The van der Waals surface area contributed by atoms with Gasteiger partial charge >= 0.3 is 0 Å². The number of para-hydroxylation sites is 1. The fraction of sp³-hybridized carbons (Fsp3) is 0. The first-order valence-electron chi connectivity index (χ1n) is 16.8. The molecule has 0 saturated carbocycles. The molecule has 0 N–H and O–H groups in total. The molecule has 0 aliphatic carbocycles. The van der Waals surface area contributed by atoms with E-state index in [1.807, 2.05) is 0 Å². The van der Waals surface area contributed by atoms with Crippen LogP contribution in [-0.4, -0.2) is 14.5 Å². The Kier molecular flexibility index (Phi) is 5.38. The van der Waals surface area contributed by atoms with E-state index >= 15 is 0 Å². The highest BCUT2D eigenvalue weighted by atomic mass is 15.2. The molecule has 0 amide bonds. The fourth-order valence-corrected chi connectivity index (χ4v) is 8.12. The Bertz CT molecular complexity index is 3100. The molecule has 2 aromatic heterocycles. The van der Waals surface area contributed by atoms with Gasteiger partial charge in [0.1, 0.15) is 0 Å². The van der Waals surface area contributed by atoms with Crippen LogP contribution in [0.3, 0.4) is 0 Å². The van der Waals surface area contributed by atoms with E-state index in [1.54, 1.807) is 0 Å². The van der Waals surface area contributed by atoms with Crippen LogP contribution in [0.25, 0.3) is 104 Å². The fourth-order valence-electron chi connectivity index (χ4n) is 8.12.